The molecule has 0 spiro atoms. The van der Waals surface area contributed by atoms with Crippen LogP contribution in [0.4, 0.5) is 0 Å². The van der Waals surface area contributed by atoms with Gasteiger partial charge in [0, 0.05) is 25.3 Å². The van der Waals surface area contributed by atoms with E-state index in [4.69, 9.17) is 4.74 Å². The van der Waals surface area contributed by atoms with Crippen LogP contribution in [0.25, 0.3) is 0 Å². The molecule has 1 aliphatic rings. The van der Waals surface area contributed by atoms with Gasteiger partial charge in [0.2, 0.25) is 0 Å². The molecule has 1 fully saturated rings. The maximum Gasteiger partial charge on any atom is 0.257 e. The molecule has 1 aromatic heterocycles. The van der Waals surface area contributed by atoms with Crippen molar-refractivity contribution in [2.75, 3.05) is 27.2 Å². The fourth-order valence-corrected chi connectivity index (χ4v) is 3.20. The fourth-order valence-electron chi connectivity index (χ4n) is 3.20. The normalized spacial score (nSPS) is 17.2. The molecule has 0 radical (unpaired) electrons. The molecule has 2 heterocycles. The Bertz CT molecular complexity index is 681. The molecule has 0 saturated carbocycles. The third kappa shape index (κ3) is 3.59. The van der Waals surface area contributed by atoms with Crippen LogP contribution in [0.3, 0.4) is 0 Å². The first-order valence-electron chi connectivity index (χ1n) is 8.32. The van der Waals surface area contributed by atoms with Crippen molar-refractivity contribution in [1.29, 1.82) is 0 Å². The van der Waals surface area contributed by atoms with Gasteiger partial charge in [-0.2, -0.15) is 5.10 Å². The lowest BCUT2D eigenvalue weighted by Gasteiger charge is -2.23. The highest BCUT2D eigenvalue weighted by molar-refractivity contribution is 5.94. The lowest BCUT2D eigenvalue weighted by atomic mass is 10.2. The summed E-state index contributed by atoms with van der Waals surface area (Å²) >= 11 is 0. The number of likely N-dealkylation sites (N-methyl/N-ethyl adjacent to an activating group) is 1. The second kappa shape index (κ2) is 7.49. The van der Waals surface area contributed by atoms with Crippen LogP contribution in [0.5, 0.6) is 5.75 Å². The standard InChI is InChI=1S/C18H24N4O2/c1-19-11-16-4-3-9-22(16)18(23)15-10-20-21(13-15)12-14-5-7-17(24-2)8-6-14/h5-8,10,13,16,19H,3-4,9,11-12H2,1-2H3. The van der Waals surface area contributed by atoms with Crippen molar-refractivity contribution in [3.8, 4) is 5.75 Å². The van der Waals surface area contributed by atoms with E-state index in [-0.39, 0.29) is 11.9 Å². The van der Waals surface area contributed by atoms with Crippen LogP contribution in [-0.2, 0) is 6.54 Å². The average molecular weight is 328 g/mol. The van der Waals surface area contributed by atoms with Gasteiger partial charge in [-0.3, -0.25) is 9.48 Å². The Morgan fingerprint density at radius 1 is 1.38 bits per heavy atom. The molecular weight excluding hydrogens is 304 g/mol. The van der Waals surface area contributed by atoms with E-state index >= 15 is 0 Å². The highest BCUT2D eigenvalue weighted by atomic mass is 16.5. The van der Waals surface area contributed by atoms with Gasteiger partial charge >= 0.3 is 0 Å². The molecule has 3 rings (SSSR count). The van der Waals surface area contributed by atoms with E-state index < -0.39 is 0 Å². The van der Waals surface area contributed by atoms with E-state index in [1.54, 1.807) is 18.0 Å². The first kappa shape index (κ1) is 16.5. The third-order valence-electron chi connectivity index (χ3n) is 4.46. The number of carbonyl (C=O) groups is 1. The zero-order valence-electron chi connectivity index (χ0n) is 14.2. The summed E-state index contributed by atoms with van der Waals surface area (Å²) in [5, 5.41) is 7.51. The second-order valence-corrected chi connectivity index (χ2v) is 6.13. The average Bonchev–Trinajstić information content (AvgIpc) is 3.25. The summed E-state index contributed by atoms with van der Waals surface area (Å²) in [5.74, 6) is 0.911. The predicted molar refractivity (Wildman–Crippen MR) is 92.3 cm³/mol. The van der Waals surface area contributed by atoms with E-state index in [0.29, 0.717) is 12.1 Å². The Balaban J connectivity index is 1.67. The summed E-state index contributed by atoms with van der Waals surface area (Å²) < 4.78 is 6.97. The highest BCUT2D eigenvalue weighted by Crippen LogP contribution is 2.20. The number of amides is 1. The molecule has 1 N–H and O–H groups in total. The van der Waals surface area contributed by atoms with Crippen LogP contribution in [-0.4, -0.2) is 53.9 Å². The van der Waals surface area contributed by atoms with Crippen LogP contribution < -0.4 is 10.1 Å². The monoisotopic (exact) mass is 328 g/mol. The summed E-state index contributed by atoms with van der Waals surface area (Å²) in [6.45, 7) is 2.30. The fraction of sp³-hybridized carbons (Fsp3) is 0.444. The number of hydrogen-bond acceptors (Lipinski definition) is 4. The molecule has 2 aromatic rings. The van der Waals surface area contributed by atoms with E-state index in [1.807, 2.05) is 42.4 Å². The van der Waals surface area contributed by atoms with Crippen molar-refractivity contribution in [1.82, 2.24) is 20.0 Å². The molecule has 1 atom stereocenters. The second-order valence-electron chi connectivity index (χ2n) is 6.13. The lowest BCUT2D eigenvalue weighted by Crippen LogP contribution is -2.40. The molecule has 6 nitrogen and oxygen atoms in total. The van der Waals surface area contributed by atoms with Gasteiger partial charge in [0.25, 0.3) is 5.91 Å². The molecule has 24 heavy (non-hydrogen) atoms. The SMILES string of the molecule is CNCC1CCCN1C(=O)c1cnn(Cc2ccc(OC)cc2)c1. The quantitative estimate of drug-likeness (QED) is 0.878. The molecule has 1 aliphatic heterocycles. The van der Waals surface area contributed by atoms with Crippen LogP contribution in [0, 0.1) is 0 Å². The molecule has 128 valence electrons. The summed E-state index contributed by atoms with van der Waals surface area (Å²) in [4.78, 5) is 14.7. The van der Waals surface area contributed by atoms with Crippen molar-refractivity contribution in [2.24, 2.45) is 0 Å². The van der Waals surface area contributed by atoms with E-state index in [0.717, 1.165) is 37.2 Å². The first-order chi connectivity index (χ1) is 11.7. The van der Waals surface area contributed by atoms with Crippen molar-refractivity contribution < 1.29 is 9.53 Å². The molecule has 0 aliphatic carbocycles. The number of nitrogens with zero attached hydrogens (tertiary/aromatic N) is 3. The van der Waals surface area contributed by atoms with Gasteiger partial charge in [0.1, 0.15) is 5.75 Å². The zero-order chi connectivity index (χ0) is 16.9. The van der Waals surface area contributed by atoms with Crippen LogP contribution in [0.1, 0.15) is 28.8 Å². The summed E-state index contributed by atoms with van der Waals surface area (Å²) in [6, 6.07) is 8.15. The van der Waals surface area contributed by atoms with E-state index in [9.17, 15) is 4.79 Å². The largest absolute Gasteiger partial charge is 0.497 e. The smallest absolute Gasteiger partial charge is 0.257 e. The van der Waals surface area contributed by atoms with Crippen molar-refractivity contribution in [3.63, 3.8) is 0 Å². The number of aromatic nitrogens is 2. The first-order valence-corrected chi connectivity index (χ1v) is 8.32. The number of ether oxygens (including phenoxy) is 1. The van der Waals surface area contributed by atoms with Crippen LogP contribution in [0.15, 0.2) is 36.7 Å². The molecular formula is C18H24N4O2. The van der Waals surface area contributed by atoms with Crippen LogP contribution in [0.2, 0.25) is 0 Å². The third-order valence-corrected chi connectivity index (χ3v) is 4.46. The Morgan fingerprint density at radius 3 is 2.88 bits per heavy atom. The Hall–Kier alpha value is -2.34. The molecule has 1 aromatic carbocycles. The van der Waals surface area contributed by atoms with Gasteiger partial charge < -0.3 is 15.0 Å². The van der Waals surface area contributed by atoms with Gasteiger partial charge in [0.15, 0.2) is 0 Å². The topological polar surface area (TPSA) is 59.4 Å². The van der Waals surface area contributed by atoms with E-state index in [1.165, 1.54) is 0 Å². The Labute approximate surface area is 142 Å². The number of hydrogen-bond donors (Lipinski definition) is 1. The number of nitrogens with one attached hydrogen (secondary N) is 1. The molecule has 1 unspecified atom stereocenters. The lowest BCUT2D eigenvalue weighted by molar-refractivity contribution is 0.0737. The summed E-state index contributed by atoms with van der Waals surface area (Å²) in [7, 11) is 3.58. The number of benzene rings is 1. The number of methoxy groups -OCH3 is 1. The number of likely N-dealkylation sites (tertiary alicyclic amines) is 1. The zero-order valence-corrected chi connectivity index (χ0v) is 14.2. The van der Waals surface area contributed by atoms with Crippen molar-refractivity contribution >= 4 is 5.91 Å². The van der Waals surface area contributed by atoms with Gasteiger partial charge in [-0.15, -0.1) is 0 Å². The molecule has 0 bridgehead atoms. The Kier molecular flexibility index (Phi) is 5.15. The van der Waals surface area contributed by atoms with Crippen LogP contribution >= 0.6 is 0 Å². The molecule has 6 heteroatoms. The number of carbonyl (C=O) groups excluding carboxylic acids is 1. The maximum atomic E-state index is 12.7. The van der Waals surface area contributed by atoms with Gasteiger partial charge in [-0.1, -0.05) is 12.1 Å². The summed E-state index contributed by atoms with van der Waals surface area (Å²) in [5.41, 5.74) is 1.78. The minimum Gasteiger partial charge on any atom is -0.497 e. The predicted octanol–water partition coefficient (Wildman–Crippen LogP) is 1.76. The van der Waals surface area contributed by atoms with E-state index in [2.05, 4.69) is 10.4 Å². The minimum absolute atomic E-state index is 0.0775. The molecule has 1 saturated heterocycles. The van der Waals surface area contributed by atoms with Gasteiger partial charge in [-0.05, 0) is 37.6 Å². The van der Waals surface area contributed by atoms with Crippen molar-refractivity contribution in [3.05, 3.63) is 47.8 Å². The Morgan fingerprint density at radius 2 is 2.17 bits per heavy atom. The van der Waals surface area contributed by atoms with Gasteiger partial charge in [-0.25, -0.2) is 0 Å². The number of rotatable bonds is 6. The maximum absolute atomic E-state index is 12.7. The van der Waals surface area contributed by atoms with Crippen molar-refractivity contribution in [2.45, 2.75) is 25.4 Å². The van der Waals surface area contributed by atoms with Gasteiger partial charge in [0.05, 0.1) is 25.4 Å². The highest BCUT2D eigenvalue weighted by Gasteiger charge is 2.29. The summed E-state index contributed by atoms with van der Waals surface area (Å²) in [6.07, 6.45) is 5.63. The minimum atomic E-state index is 0.0775. The molecule has 1 amide bonds.